The van der Waals surface area contributed by atoms with Gasteiger partial charge in [-0.15, -0.1) is 0 Å². The Morgan fingerprint density at radius 1 is 0.352 bits per heavy atom. The van der Waals surface area contributed by atoms with Gasteiger partial charge in [-0.25, -0.2) is 0 Å². The number of rotatable bonds is 5. The number of furan rings is 1. The third kappa shape index (κ3) is 5.02. The molecule has 0 N–H and O–H groups in total. The molecule has 0 amide bonds. The van der Waals surface area contributed by atoms with E-state index in [4.69, 9.17) is 19.4 Å². The fraction of sp³-hybridized carbons (Fsp3) is 0. The van der Waals surface area contributed by atoms with E-state index in [0.717, 1.165) is 38.6 Å². The molecule has 0 aliphatic rings. The molecule has 11 rings (SSSR count). The summed E-state index contributed by atoms with van der Waals surface area (Å²) in [5.74, 6) is 1.87. The molecule has 0 radical (unpaired) electrons. The van der Waals surface area contributed by atoms with Crippen LogP contribution in [0.4, 0.5) is 0 Å². The second-order valence-corrected chi connectivity index (χ2v) is 15.7. The van der Waals surface area contributed by atoms with Gasteiger partial charge in [0.05, 0.1) is 0 Å². The maximum atomic E-state index is 6.26. The molecule has 5 heteroatoms. The van der Waals surface area contributed by atoms with Crippen molar-refractivity contribution in [2.24, 2.45) is 0 Å². The normalized spacial score (nSPS) is 11.7. The van der Waals surface area contributed by atoms with Crippen LogP contribution in [0.2, 0.25) is 0 Å². The predicted molar refractivity (Wildman–Crippen MR) is 224 cm³/mol. The minimum atomic E-state index is 0.138. The van der Waals surface area contributed by atoms with E-state index < -0.39 is 0 Å². The van der Waals surface area contributed by atoms with E-state index >= 15 is 0 Å². The second kappa shape index (κ2) is 12.5. The number of aromatic nitrogens is 3. The summed E-state index contributed by atoms with van der Waals surface area (Å²) < 4.78 is 9.14. The van der Waals surface area contributed by atoms with Gasteiger partial charge >= 0.3 is 272 Å². The quantitative estimate of drug-likeness (QED) is 0.164. The maximum absolute atomic E-state index is 6.26. The molecule has 0 saturated heterocycles. The van der Waals surface area contributed by atoms with Crippen LogP contribution in [0.3, 0.4) is 0 Å². The van der Waals surface area contributed by atoms with Gasteiger partial charge in [0.25, 0.3) is 0 Å². The molecular weight excluding hydrogens is 726 g/mol. The van der Waals surface area contributed by atoms with Crippen molar-refractivity contribution in [2.45, 2.75) is 0 Å². The fourth-order valence-corrected chi connectivity index (χ4v) is 10.7. The monoisotopic (exact) mass is 755 g/mol. The molecule has 0 spiro atoms. The summed E-state index contributed by atoms with van der Waals surface area (Å²) in [5, 5.41) is 7.07. The predicted octanol–water partition coefficient (Wildman–Crippen LogP) is 12.6. The first-order valence-electron chi connectivity index (χ1n) is 18.0. The van der Waals surface area contributed by atoms with E-state index in [2.05, 4.69) is 115 Å². The van der Waals surface area contributed by atoms with Crippen LogP contribution in [0.25, 0.3) is 108 Å². The number of fused-ring (bicyclic) bond motifs is 7. The Bertz CT molecular complexity index is 3220. The molecule has 11 aromatic rings. The van der Waals surface area contributed by atoms with Gasteiger partial charge in [0, 0.05) is 0 Å². The zero-order chi connectivity index (χ0) is 35.6. The molecule has 0 aliphatic carbocycles. The van der Waals surface area contributed by atoms with E-state index in [-0.39, 0.29) is 14.5 Å². The van der Waals surface area contributed by atoms with Crippen LogP contribution >= 0.6 is 0 Å². The summed E-state index contributed by atoms with van der Waals surface area (Å²) in [5.41, 5.74) is 9.53. The number of benzene rings is 8. The summed E-state index contributed by atoms with van der Waals surface area (Å²) >= 11 is 0.138. The summed E-state index contributed by atoms with van der Waals surface area (Å²) in [6.07, 6.45) is 0. The molecule has 252 valence electrons. The van der Waals surface area contributed by atoms with E-state index in [0.29, 0.717) is 17.5 Å². The molecular formula is C49H29N3OSe. The minimum absolute atomic E-state index is 0.138. The molecule has 0 fully saturated rings. The van der Waals surface area contributed by atoms with Gasteiger partial charge in [0.1, 0.15) is 5.58 Å². The molecule has 0 unspecified atom stereocenters. The third-order valence-corrected chi connectivity index (χ3v) is 13.1. The average molecular weight is 755 g/mol. The molecule has 0 aliphatic heterocycles. The Balaban J connectivity index is 1.12. The van der Waals surface area contributed by atoms with Crippen LogP contribution < -0.4 is 0 Å². The Labute approximate surface area is 316 Å². The Kier molecular flexibility index (Phi) is 7.16. The van der Waals surface area contributed by atoms with Crippen LogP contribution in [0.5, 0.6) is 0 Å². The molecule has 3 aromatic heterocycles. The Morgan fingerprint density at radius 3 is 1.74 bits per heavy atom. The van der Waals surface area contributed by atoms with Crippen molar-refractivity contribution in [1.29, 1.82) is 0 Å². The van der Waals surface area contributed by atoms with Gasteiger partial charge < -0.3 is 4.42 Å². The van der Waals surface area contributed by atoms with E-state index in [1.54, 1.807) is 0 Å². The molecule has 54 heavy (non-hydrogen) atoms. The van der Waals surface area contributed by atoms with E-state index in [1.807, 2.05) is 60.7 Å². The second-order valence-electron chi connectivity index (χ2n) is 13.5. The molecule has 3 heterocycles. The van der Waals surface area contributed by atoms with Crippen molar-refractivity contribution in [2.75, 3.05) is 0 Å². The molecule has 8 aromatic carbocycles. The van der Waals surface area contributed by atoms with Gasteiger partial charge in [-0.1, -0.05) is 24.3 Å². The van der Waals surface area contributed by atoms with Crippen LogP contribution in [0.1, 0.15) is 0 Å². The average Bonchev–Trinajstić information content (AvgIpc) is 3.83. The zero-order valence-electron chi connectivity index (χ0n) is 28.9. The first-order chi connectivity index (χ1) is 26.8. The van der Waals surface area contributed by atoms with Crippen LogP contribution in [0.15, 0.2) is 180 Å². The van der Waals surface area contributed by atoms with Gasteiger partial charge in [0.2, 0.25) is 0 Å². The van der Waals surface area contributed by atoms with Crippen LogP contribution in [-0.4, -0.2) is 29.5 Å². The van der Waals surface area contributed by atoms with Crippen molar-refractivity contribution in [3.63, 3.8) is 0 Å². The standard InChI is InChI=1S/C49H29N3OSe/c1-3-13-30(14-4-1)34-19-10-22-37-38-23-11-21-36(46(38)54-45(34)37)35-20-9-17-31-27-28-33(29-41(31)35)48-50-47(32-15-5-2-6-16-32)51-49(52-48)40-24-12-26-43-44(40)39-18-7-8-25-42(39)53-43/h1-29H. The summed E-state index contributed by atoms with van der Waals surface area (Å²) in [7, 11) is 0. The topological polar surface area (TPSA) is 51.8 Å². The number of hydrogen-bond donors (Lipinski definition) is 0. The number of para-hydroxylation sites is 1. The SMILES string of the molecule is c1ccc(-c2nc(-c3ccc4cccc(-c5cccc6c5[se]c5c(-c7ccccc7)cccc56)c4c3)nc(-c3cccc4oc5ccccc5c34)n2)cc1. The number of hydrogen-bond acceptors (Lipinski definition) is 4. The first-order valence-corrected chi connectivity index (χ1v) is 19.7. The van der Waals surface area contributed by atoms with Crippen molar-refractivity contribution >= 4 is 66.5 Å². The van der Waals surface area contributed by atoms with Crippen molar-refractivity contribution < 1.29 is 4.42 Å². The van der Waals surface area contributed by atoms with Gasteiger partial charge in [-0.2, -0.15) is 0 Å². The Hall–Kier alpha value is -6.65. The first kappa shape index (κ1) is 30.9. The van der Waals surface area contributed by atoms with Gasteiger partial charge in [0.15, 0.2) is 0 Å². The molecule has 0 atom stereocenters. The summed E-state index contributed by atoms with van der Waals surface area (Å²) in [4.78, 5) is 15.4. The van der Waals surface area contributed by atoms with Gasteiger partial charge in [-0.05, 0) is 12.1 Å². The van der Waals surface area contributed by atoms with Crippen LogP contribution in [-0.2, 0) is 0 Å². The van der Waals surface area contributed by atoms with Crippen molar-refractivity contribution in [3.05, 3.63) is 176 Å². The third-order valence-electron chi connectivity index (χ3n) is 10.4. The van der Waals surface area contributed by atoms with E-state index in [1.165, 1.54) is 52.3 Å². The van der Waals surface area contributed by atoms with E-state index in [9.17, 15) is 0 Å². The van der Waals surface area contributed by atoms with Gasteiger partial charge in [-0.3, -0.25) is 0 Å². The molecule has 4 nitrogen and oxygen atoms in total. The summed E-state index contributed by atoms with van der Waals surface area (Å²) in [6.45, 7) is 0. The summed E-state index contributed by atoms with van der Waals surface area (Å²) in [6, 6.07) is 61.9. The van der Waals surface area contributed by atoms with Crippen molar-refractivity contribution in [3.8, 4) is 56.4 Å². The fourth-order valence-electron chi connectivity index (χ4n) is 7.83. The zero-order valence-corrected chi connectivity index (χ0v) is 30.6. The molecule has 0 bridgehead atoms. The molecule has 0 saturated carbocycles. The van der Waals surface area contributed by atoms with Crippen LogP contribution in [0, 0.1) is 0 Å². The van der Waals surface area contributed by atoms with Crippen molar-refractivity contribution in [1.82, 2.24) is 15.0 Å². The number of nitrogens with zero attached hydrogens (tertiary/aromatic N) is 3. The Morgan fingerprint density at radius 2 is 0.926 bits per heavy atom.